The molecular formula is C17H19NO. The lowest BCUT2D eigenvalue weighted by Crippen LogP contribution is -2.32. The monoisotopic (exact) mass is 253 g/mol. The van der Waals surface area contributed by atoms with E-state index in [1.54, 1.807) is 12.1 Å². The normalized spacial score (nSPS) is 15.2. The zero-order chi connectivity index (χ0) is 13.1. The van der Waals surface area contributed by atoms with Crippen molar-refractivity contribution >= 4 is 0 Å². The Morgan fingerprint density at radius 2 is 1.68 bits per heavy atom. The van der Waals surface area contributed by atoms with Gasteiger partial charge in [-0.2, -0.15) is 0 Å². The van der Waals surface area contributed by atoms with Crippen molar-refractivity contribution in [1.82, 2.24) is 4.90 Å². The highest BCUT2D eigenvalue weighted by atomic mass is 16.3. The Hall–Kier alpha value is -1.80. The van der Waals surface area contributed by atoms with Crippen LogP contribution in [0.25, 0.3) is 0 Å². The zero-order valence-electron chi connectivity index (χ0n) is 11.0. The Kier molecular flexibility index (Phi) is 3.51. The number of aromatic hydroxyl groups is 1. The summed E-state index contributed by atoms with van der Waals surface area (Å²) < 4.78 is 0. The van der Waals surface area contributed by atoms with E-state index in [4.69, 9.17) is 0 Å². The van der Waals surface area contributed by atoms with Crippen molar-refractivity contribution in [3.8, 4) is 5.75 Å². The summed E-state index contributed by atoms with van der Waals surface area (Å²) in [6.07, 6.45) is 2.20. The molecule has 2 aromatic carbocycles. The van der Waals surface area contributed by atoms with Crippen molar-refractivity contribution in [3.05, 3.63) is 65.2 Å². The van der Waals surface area contributed by atoms with E-state index >= 15 is 0 Å². The molecule has 3 rings (SSSR count). The molecule has 0 atom stereocenters. The van der Waals surface area contributed by atoms with Gasteiger partial charge in [-0.25, -0.2) is 0 Å². The number of nitrogens with zero attached hydrogens (tertiary/aromatic N) is 1. The van der Waals surface area contributed by atoms with Gasteiger partial charge in [0, 0.05) is 19.6 Å². The van der Waals surface area contributed by atoms with Gasteiger partial charge in [-0.15, -0.1) is 0 Å². The minimum atomic E-state index is 0.343. The van der Waals surface area contributed by atoms with E-state index in [9.17, 15) is 5.11 Å². The molecule has 0 saturated carbocycles. The Labute approximate surface area is 114 Å². The highest BCUT2D eigenvalue weighted by Crippen LogP contribution is 2.19. The fourth-order valence-corrected chi connectivity index (χ4v) is 2.69. The molecule has 0 unspecified atom stereocenters. The summed E-state index contributed by atoms with van der Waals surface area (Å²) in [6, 6.07) is 16.3. The molecule has 0 aromatic heterocycles. The van der Waals surface area contributed by atoms with E-state index in [1.165, 1.54) is 16.7 Å². The molecule has 1 aliphatic heterocycles. The molecule has 19 heavy (non-hydrogen) atoms. The van der Waals surface area contributed by atoms with E-state index in [1.807, 2.05) is 12.1 Å². The van der Waals surface area contributed by atoms with E-state index in [0.29, 0.717) is 5.75 Å². The fourth-order valence-electron chi connectivity index (χ4n) is 2.69. The van der Waals surface area contributed by atoms with Gasteiger partial charge in [0.25, 0.3) is 0 Å². The van der Waals surface area contributed by atoms with Crippen LogP contribution in [-0.2, 0) is 19.4 Å². The maximum absolute atomic E-state index is 9.27. The van der Waals surface area contributed by atoms with Crippen LogP contribution in [0.1, 0.15) is 16.7 Å². The van der Waals surface area contributed by atoms with Gasteiger partial charge in [-0.3, -0.25) is 4.90 Å². The third kappa shape index (κ3) is 2.96. The first-order valence-electron chi connectivity index (χ1n) is 6.88. The standard InChI is InChI=1S/C17H19NO/c19-17-7-5-14(6-8-17)9-11-18-12-10-15-3-1-2-4-16(15)13-18/h1-8,19H,9-13H2. The topological polar surface area (TPSA) is 23.5 Å². The van der Waals surface area contributed by atoms with Gasteiger partial charge in [0.2, 0.25) is 0 Å². The Morgan fingerprint density at radius 1 is 0.947 bits per heavy atom. The van der Waals surface area contributed by atoms with E-state index < -0.39 is 0 Å². The zero-order valence-corrected chi connectivity index (χ0v) is 11.0. The third-order valence-electron chi connectivity index (χ3n) is 3.86. The molecule has 0 saturated heterocycles. The minimum absolute atomic E-state index is 0.343. The number of rotatable bonds is 3. The molecule has 98 valence electrons. The van der Waals surface area contributed by atoms with E-state index in [-0.39, 0.29) is 0 Å². The van der Waals surface area contributed by atoms with Crippen LogP contribution in [0.5, 0.6) is 5.75 Å². The van der Waals surface area contributed by atoms with Crippen LogP contribution in [0.2, 0.25) is 0 Å². The second-order valence-corrected chi connectivity index (χ2v) is 5.21. The van der Waals surface area contributed by atoms with Crippen LogP contribution in [0.3, 0.4) is 0 Å². The average Bonchev–Trinajstić information content (AvgIpc) is 2.46. The van der Waals surface area contributed by atoms with Crippen molar-refractivity contribution in [1.29, 1.82) is 0 Å². The minimum Gasteiger partial charge on any atom is -0.508 e. The predicted molar refractivity (Wildman–Crippen MR) is 77.2 cm³/mol. The van der Waals surface area contributed by atoms with Crippen LogP contribution in [-0.4, -0.2) is 23.1 Å². The molecule has 2 heteroatoms. The molecular weight excluding hydrogens is 234 g/mol. The second kappa shape index (κ2) is 5.45. The predicted octanol–water partition coefficient (Wildman–Crippen LogP) is 2.99. The molecule has 1 N–H and O–H groups in total. The fraction of sp³-hybridized carbons (Fsp3) is 0.294. The van der Waals surface area contributed by atoms with Gasteiger partial charge in [0.1, 0.15) is 5.75 Å². The molecule has 0 spiro atoms. The Morgan fingerprint density at radius 3 is 2.47 bits per heavy atom. The summed E-state index contributed by atoms with van der Waals surface area (Å²) in [7, 11) is 0. The second-order valence-electron chi connectivity index (χ2n) is 5.21. The van der Waals surface area contributed by atoms with E-state index in [0.717, 1.165) is 32.5 Å². The number of phenols is 1. The number of fused-ring (bicyclic) bond motifs is 1. The summed E-state index contributed by atoms with van der Waals surface area (Å²) >= 11 is 0. The van der Waals surface area contributed by atoms with Crippen LogP contribution < -0.4 is 0 Å². The van der Waals surface area contributed by atoms with Crippen LogP contribution in [0, 0.1) is 0 Å². The Balaban J connectivity index is 1.59. The smallest absolute Gasteiger partial charge is 0.115 e. The van der Waals surface area contributed by atoms with Crippen LogP contribution in [0.15, 0.2) is 48.5 Å². The molecule has 1 heterocycles. The van der Waals surface area contributed by atoms with Gasteiger partial charge in [0.15, 0.2) is 0 Å². The number of hydrogen-bond acceptors (Lipinski definition) is 2. The quantitative estimate of drug-likeness (QED) is 0.909. The number of phenolic OH excluding ortho intramolecular Hbond substituents is 1. The molecule has 0 fully saturated rings. The lowest BCUT2D eigenvalue weighted by molar-refractivity contribution is 0.257. The lowest BCUT2D eigenvalue weighted by Gasteiger charge is -2.28. The van der Waals surface area contributed by atoms with Gasteiger partial charge in [-0.1, -0.05) is 36.4 Å². The molecule has 2 nitrogen and oxygen atoms in total. The molecule has 0 aliphatic carbocycles. The van der Waals surface area contributed by atoms with Crippen molar-refractivity contribution in [2.75, 3.05) is 13.1 Å². The molecule has 0 bridgehead atoms. The largest absolute Gasteiger partial charge is 0.508 e. The van der Waals surface area contributed by atoms with Crippen LogP contribution in [0.4, 0.5) is 0 Å². The number of benzene rings is 2. The molecule has 1 aliphatic rings. The summed E-state index contributed by atoms with van der Waals surface area (Å²) in [5, 5.41) is 9.27. The first-order chi connectivity index (χ1) is 9.31. The van der Waals surface area contributed by atoms with Crippen molar-refractivity contribution in [2.45, 2.75) is 19.4 Å². The van der Waals surface area contributed by atoms with E-state index in [2.05, 4.69) is 29.2 Å². The summed E-state index contributed by atoms with van der Waals surface area (Å²) in [6.45, 7) is 3.29. The first kappa shape index (κ1) is 12.2. The molecule has 2 aromatic rings. The van der Waals surface area contributed by atoms with Gasteiger partial charge >= 0.3 is 0 Å². The van der Waals surface area contributed by atoms with Crippen molar-refractivity contribution in [3.63, 3.8) is 0 Å². The van der Waals surface area contributed by atoms with Crippen LogP contribution >= 0.6 is 0 Å². The van der Waals surface area contributed by atoms with Crippen molar-refractivity contribution < 1.29 is 5.11 Å². The summed E-state index contributed by atoms with van der Waals surface area (Å²) in [5.74, 6) is 0.343. The first-order valence-corrected chi connectivity index (χ1v) is 6.88. The molecule has 0 amide bonds. The highest BCUT2D eigenvalue weighted by Gasteiger charge is 2.14. The molecule has 0 radical (unpaired) electrons. The van der Waals surface area contributed by atoms with Gasteiger partial charge in [-0.05, 0) is 41.7 Å². The summed E-state index contributed by atoms with van der Waals surface area (Å²) in [4.78, 5) is 2.51. The third-order valence-corrected chi connectivity index (χ3v) is 3.86. The Bertz CT molecular complexity index is 547. The maximum atomic E-state index is 9.27. The van der Waals surface area contributed by atoms with Crippen molar-refractivity contribution in [2.24, 2.45) is 0 Å². The highest BCUT2D eigenvalue weighted by molar-refractivity contribution is 5.29. The lowest BCUT2D eigenvalue weighted by atomic mass is 9.99. The average molecular weight is 253 g/mol. The SMILES string of the molecule is Oc1ccc(CCN2CCc3ccccc3C2)cc1. The van der Waals surface area contributed by atoms with Gasteiger partial charge < -0.3 is 5.11 Å². The van der Waals surface area contributed by atoms with Gasteiger partial charge in [0.05, 0.1) is 0 Å². The maximum Gasteiger partial charge on any atom is 0.115 e. The number of hydrogen-bond donors (Lipinski definition) is 1. The summed E-state index contributed by atoms with van der Waals surface area (Å²) in [5.41, 5.74) is 4.26.